The molecule has 0 amide bonds. The van der Waals surface area contributed by atoms with Crippen LogP contribution in [0.3, 0.4) is 0 Å². The Balaban J connectivity index is 2.47. The standard InChI is InChI=1S/C45H90/c1-5-9-13-17-21-23-27-31-35-42(33-29-25-19-15-11-7-3)39-44-37-38-45(41-44)40-43(34-30-26-20-16-12-8-4)36-32-28-24-22-18-14-10-6-2/h42-45H,5-41H2,1-4H3. The molecule has 4 unspecified atom stereocenters. The van der Waals surface area contributed by atoms with E-state index in [-0.39, 0.29) is 0 Å². The van der Waals surface area contributed by atoms with E-state index in [1.54, 1.807) is 57.8 Å². The predicted octanol–water partition coefficient (Wildman–Crippen LogP) is 17.0. The maximum atomic E-state index is 2.35. The summed E-state index contributed by atoms with van der Waals surface area (Å²) in [6, 6.07) is 0. The monoisotopic (exact) mass is 631 g/mol. The van der Waals surface area contributed by atoms with Gasteiger partial charge in [0.2, 0.25) is 0 Å². The molecule has 1 aliphatic rings. The third kappa shape index (κ3) is 27.6. The van der Waals surface area contributed by atoms with Gasteiger partial charge in [0.15, 0.2) is 0 Å². The van der Waals surface area contributed by atoms with Gasteiger partial charge in [-0.2, -0.15) is 0 Å². The van der Waals surface area contributed by atoms with Crippen LogP contribution in [-0.4, -0.2) is 0 Å². The van der Waals surface area contributed by atoms with Gasteiger partial charge in [0.25, 0.3) is 0 Å². The predicted molar refractivity (Wildman–Crippen MR) is 207 cm³/mol. The van der Waals surface area contributed by atoms with Crippen molar-refractivity contribution in [2.45, 2.75) is 265 Å². The zero-order valence-electron chi connectivity index (χ0n) is 32.5. The molecule has 45 heavy (non-hydrogen) atoms. The highest BCUT2D eigenvalue weighted by Crippen LogP contribution is 2.41. The van der Waals surface area contributed by atoms with Crippen LogP contribution in [0.1, 0.15) is 265 Å². The first-order valence-corrected chi connectivity index (χ1v) is 22.2. The molecule has 0 aromatic heterocycles. The maximum absolute atomic E-state index is 2.35. The molecule has 0 N–H and O–H groups in total. The van der Waals surface area contributed by atoms with E-state index in [1.165, 1.54) is 180 Å². The third-order valence-electron chi connectivity index (χ3n) is 11.8. The Morgan fingerprint density at radius 1 is 0.311 bits per heavy atom. The Bertz CT molecular complexity index is 502. The van der Waals surface area contributed by atoms with Crippen LogP contribution < -0.4 is 0 Å². The highest BCUT2D eigenvalue weighted by atomic mass is 14.3. The summed E-state index contributed by atoms with van der Waals surface area (Å²) < 4.78 is 0. The van der Waals surface area contributed by atoms with Gasteiger partial charge in [-0.05, 0) is 42.9 Å². The maximum Gasteiger partial charge on any atom is -0.0409 e. The lowest BCUT2D eigenvalue weighted by molar-refractivity contribution is 0.291. The summed E-state index contributed by atoms with van der Waals surface area (Å²) in [6.07, 6.45) is 55.3. The van der Waals surface area contributed by atoms with E-state index in [4.69, 9.17) is 0 Å². The zero-order chi connectivity index (χ0) is 32.5. The van der Waals surface area contributed by atoms with Crippen molar-refractivity contribution >= 4 is 0 Å². The normalized spacial score (nSPS) is 18.1. The molecule has 0 nitrogen and oxygen atoms in total. The lowest BCUT2D eigenvalue weighted by Gasteiger charge is -2.23. The lowest BCUT2D eigenvalue weighted by atomic mass is 9.83. The molecule has 0 aromatic carbocycles. The highest BCUT2D eigenvalue weighted by molar-refractivity contribution is 4.80. The summed E-state index contributed by atoms with van der Waals surface area (Å²) in [6.45, 7) is 9.37. The van der Waals surface area contributed by atoms with Crippen LogP contribution in [-0.2, 0) is 0 Å². The zero-order valence-corrected chi connectivity index (χ0v) is 32.5. The fourth-order valence-electron chi connectivity index (χ4n) is 8.87. The minimum atomic E-state index is 1.04. The van der Waals surface area contributed by atoms with Crippen molar-refractivity contribution in [3.63, 3.8) is 0 Å². The summed E-state index contributed by atoms with van der Waals surface area (Å²) in [4.78, 5) is 0. The first-order valence-electron chi connectivity index (χ1n) is 22.2. The van der Waals surface area contributed by atoms with Crippen molar-refractivity contribution in [2.24, 2.45) is 23.7 Å². The third-order valence-corrected chi connectivity index (χ3v) is 11.8. The van der Waals surface area contributed by atoms with Crippen molar-refractivity contribution in [1.82, 2.24) is 0 Å². The number of hydrogen-bond donors (Lipinski definition) is 0. The quantitative estimate of drug-likeness (QED) is 0.0604. The summed E-state index contributed by atoms with van der Waals surface area (Å²) in [5, 5.41) is 0. The summed E-state index contributed by atoms with van der Waals surface area (Å²) in [5.74, 6) is 4.20. The molecule has 0 aliphatic heterocycles. The second kappa shape index (κ2) is 33.9. The van der Waals surface area contributed by atoms with Crippen molar-refractivity contribution in [2.75, 3.05) is 0 Å². The van der Waals surface area contributed by atoms with Gasteiger partial charge in [0, 0.05) is 0 Å². The van der Waals surface area contributed by atoms with Crippen LogP contribution >= 0.6 is 0 Å². The fraction of sp³-hybridized carbons (Fsp3) is 1.00. The van der Waals surface area contributed by atoms with E-state index >= 15 is 0 Å². The average Bonchev–Trinajstić information content (AvgIpc) is 3.49. The van der Waals surface area contributed by atoms with Gasteiger partial charge < -0.3 is 0 Å². The molecule has 1 aliphatic carbocycles. The molecule has 0 spiro atoms. The Labute approximate surface area is 288 Å². The first-order chi connectivity index (χ1) is 22.2. The van der Waals surface area contributed by atoms with Crippen LogP contribution in [0.4, 0.5) is 0 Å². The molecule has 0 heterocycles. The van der Waals surface area contributed by atoms with Crippen LogP contribution in [0, 0.1) is 23.7 Å². The van der Waals surface area contributed by atoms with Crippen molar-refractivity contribution in [3.05, 3.63) is 0 Å². The van der Waals surface area contributed by atoms with Crippen LogP contribution in [0.2, 0.25) is 0 Å². The van der Waals surface area contributed by atoms with E-state index in [0.717, 1.165) is 23.7 Å². The molecular formula is C45H90. The van der Waals surface area contributed by atoms with Gasteiger partial charge in [0.1, 0.15) is 0 Å². The Morgan fingerprint density at radius 3 is 0.778 bits per heavy atom. The molecule has 0 bridgehead atoms. The van der Waals surface area contributed by atoms with Crippen molar-refractivity contribution in [1.29, 1.82) is 0 Å². The second-order valence-corrected chi connectivity index (χ2v) is 16.4. The molecule has 1 fully saturated rings. The first kappa shape index (κ1) is 43.0. The summed E-state index contributed by atoms with van der Waals surface area (Å²) in [7, 11) is 0. The van der Waals surface area contributed by atoms with E-state index in [2.05, 4.69) is 27.7 Å². The van der Waals surface area contributed by atoms with E-state index in [1.807, 2.05) is 0 Å². The van der Waals surface area contributed by atoms with E-state index in [0.29, 0.717) is 0 Å². The second-order valence-electron chi connectivity index (χ2n) is 16.4. The smallest absolute Gasteiger partial charge is 0.0409 e. The Kier molecular flexibility index (Phi) is 32.4. The van der Waals surface area contributed by atoms with Gasteiger partial charge in [-0.25, -0.2) is 0 Å². The van der Waals surface area contributed by atoms with Crippen molar-refractivity contribution < 1.29 is 0 Å². The molecule has 1 rings (SSSR count). The fourth-order valence-corrected chi connectivity index (χ4v) is 8.87. The number of rotatable bonds is 36. The topological polar surface area (TPSA) is 0 Å². The Hall–Kier alpha value is 0. The summed E-state index contributed by atoms with van der Waals surface area (Å²) in [5.41, 5.74) is 0. The van der Waals surface area contributed by atoms with Crippen LogP contribution in [0.25, 0.3) is 0 Å². The molecule has 0 aromatic rings. The summed E-state index contributed by atoms with van der Waals surface area (Å²) >= 11 is 0. The van der Waals surface area contributed by atoms with Crippen LogP contribution in [0.5, 0.6) is 0 Å². The van der Waals surface area contributed by atoms with Crippen LogP contribution in [0.15, 0.2) is 0 Å². The Morgan fingerprint density at radius 2 is 0.533 bits per heavy atom. The molecule has 0 radical (unpaired) electrons. The molecule has 0 heteroatoms. The van der Waals surface area contributed by atoms with E-state index in [9.17, 15) is 0 Å². The van der Waals surface area contributed by atoms with Gasteiger partial charge in [0.05, 0.1) is 0 Å². The van der Waals surface area contributed by atoms with Crippen molar-refractivity contribution in [3.8, 4) is 0 Å². The minimum Gasteiger partial charge on any atom is -0.0654 e. The largest absolute Gasteiger partial charge is 0.0654 e. The molecule has 270 valence electrons. The number of hydrogen-bond acceptors (Lipinski definition) is 0. The highest BCUT2D eigenvalue weighted by Gasteiger charge is 2.28. The van der Waals surface area contributed by atoms with E-state index < -0.39 is 0 Å². The SMILES string of the molecule is CCCCCCCCCCC(CCCCCCCC)CC1CCC(CC(CCCCCCCC)CCCCCCCCCC)C1. The van der Waals surface area contributed by atoms with Gasteiger partial charge in [-0.15, -0.1) is 0 Å². The average molecular weight is 631 g/mol. The lowest BCUT2D eigenvalue weighted by Crippen LogP contribution is -2.10. The van der Waals surface area contributed by atoms with Gasteiger partial charge >= 0.3 is 0 Å². The van der Waals surface area contributed by atoms with Gasteiger partial charge in [-0.1, -0.05) is 246 Å². The van der Waals surface area contributed by atoms with Gasteiger partial charge in [-0.3, -0.25) is 0 Å². The number of unbranched alkanes of at least 4 members (excludes halogenated alkanes) is 24. The molecule has 0 saturated heterocycles. The minimum absolute atomic E-state index is 1.04. The molecular weight excluding hydrogens is 540 g/mol. The molecule has 4 atom stereocenters. The molecule has 1 saturated carbocycles.